The van der Waals surface area contributed by atoms with Gasteiger partial charge in [-0.3, -0.25) is 9.30 Å². The van der Waals surface area contributed by atoms with Crippen LogP contribution < -0.4 is 10.5 Å². The van der Waals surface area contributed by atoms with Crippen molar-refractivity contribution < 1.29 is 19.0 Å². The minimum Gasteiger partial charge on any atom is -0.478 e. The number of pyridine rings is 1. The Morgan fingerprint density at radius 3 is 2.86 bits per heavy atom. The highest BCUT2D eigenvalue weighted by Gasteiger charge is 2.27. The molecule has 0 radical (unpaired) electrons. The number of carbonyl (C=O) groups is 1. The fraction of sp³-hybridized carbons (Fsp3) is 0.259. The molecule has 0 bridgehead atoms. The van der Waals surface area contributed by atoms with Crippen molar-refractivity contribution in [1.82, 2.24) is 24.3 Å². The van der Waals surface area contributed by atoms with Crippen LogP contribution in [0.1, 0.15) is 41.7 Å². The molecule has 0 spiro atoms. The van der Waals surface area contributed by atoms with Gasteiger partial charge in [-0.1, -0.05) is 5.92 Å². The smallest absolute Gasteiger partial charge is 0.335 e. The van der Waals surface area contributed by atoms with Crippen molar-refractivity contribution in [2.75, 3.05) is 25.4 Å². The van der Waals surface area contributed by atoms with Crippen molar-refractivity contribution in [3.8, 4) is 34.9 Å². The van der Waals surface area contributed by atoms with E-state index in [1.807, 2.05) is 13.0 Å². The van der Waals surface area contributed by atoms with Gasteiger partial charge in [0.2, 0.25) is 11.8 Å². The molecule has 0 aliphatic carbocycles. The first kappa shape index (κ1) is 24.2. The van der Waals surface area contributed by atoms with E-state index in [0.29, 0.717) is 17.9 Å². The van der Waals surface area contributed by atoms with Gasteiger partial charge in [-0.25, -0.2) is 24.1 Å². The van der Waals surface area contributed by atoms with E-state index in [9.17, 15) is 4.79 Å². The van der Waals surface area contributed by atoms with Crippen molar-refractivity contribution in [3.05, 3.63) is 65.9 Å². The first-order valence-electron chi connectivity index (χ1n) is 11.9. The molecular weight excluding hydrogens is 475 g/mol. The Balaban J connectivity index is 1.49. The third kappa shape index (κ3) is 4.94. The number of carboxylic acid groups (broad SMARTS) is 1. The van der Waals surface area contributed by atoms with E-state index in [1.54, 1.807) is 16.7 Å². The van der Waals surface area contributed by atoms with Crippen LogP contribution in [-0.4, -0.2) is 55.0 Å². The highest BCUT2D eigenvalue weighted by molar-refractivity contribution is 5.87. The summed E-state index contributed by atoms with van der Waals surface area (Å²) in [6.45, 7) is 4.37. The number of aromatic carboxylic acids is 1. The molecule has 1 saturated heterocycles. The number of aromatic nitrogens is 4. The van der Waals surface area contributed by atoms with Crippen molar-refractivity contribution in [2.45, 2.75) is 25.7 Å². The summed E-state index contributed by atoms with van der Waals surface area (Å²) in [6.07, 6.45) is 4.95. The number of piperidine rings is 1. The number of imidazole rings is 1. The van der Waals surface area contributed by atoms with Gasteiger partial charge in [0.05, 0.1) is 23.3 Å². The first-order valence-corrected chi connectivity index (χ1v) is 11.9. The van der Waals surface area contributed by atoms with Crippen molar-refractivity contribution in [2.24, 2.45) is 0 Å². The fourth-order valence-electron chi connectivity index (χ4n) is 4.62. The average Bonchev–Trinajstić information content (AvgIpc) is 3.30. The van der Waals surface area contributed by atoms with Gasteiger partial charge in [0.1, 0.15) is 5.82 Å². The SMILES string of the molecule is CC#CCN1CCCC(c2nc(-c3ccc(Oc4cc(C(=O)O)ccn4)c(F)c3)n3c(N)nccc23)C1. The summed E-state index contributed by atoms with van der Waals surface area (Å²) in [4.78, 5) is 26.6. The number of nitrogen functional groups attached to an aromatic ring is 1. The molecule has 1 fully saturated rings. The molecule has 10 heteroatoms. The number of likely N-dealkylation sites (tertiary alicyclic amines) is 1. The van der Waals surface area contributed by atoms with Gasteiger partial charge in [0.15, 0.2) is 11.6 Å². The van der Waals surface area contributed by atoms with Crippen LogP contribution in [0.5, 0.6) is 11.6 Å². The third-order valence-corrected chi connectivity index (χ3v) is 6.37. The Morgan fingerprint density at radius 2 is 2.08 bits per heavy atom. The Kier molecular flexibility index (Phi) is 6.70. The summed E-state index contributed by atoms with van der Waals surface area (Å²) in [5.41, 5.74) is 8.48. The summed E-state index contributed by atoms with van der Waals surface area (Å²) in [5, 5.41) is 9.16. The molecule has 1 aromatic carbocycles. The maximum absolute atomic E-state index is 15.1. The predicted molar refractivity (Wildman–Crippen MR) is 136 cm³/mol. The standard InChI is InChI=1S/C27H25FN6O3/c1-2-3-12-33-13-4-5-19(16-33)24-21-9-11-31-27(29)34(21)25(32-24)17-6-7-22(20(28)14-17)37-23-15-18(26(35)36)8-10-30-23/h6-11,14-15,19H,4-5,12-13,16H2,1H3,(H2,29,31)(H,35,36). The van der Waals surface area contributed by atoms with Crippen LogP contribution in [0.4, 0.5) is 10.3 Å². The minimum absolute atomic E-state index is 0.00981. The number of ether oxygens (including phenoxy) is 1. The number of rotatable bonds is 6. The van der Waals surface area contributed by atoms with Crippen molar-refractivity contribution in [1.29, 1.82) is 0 Å². The van der Waals surface area contributed by atoms with Crippen LogP contribution in [-0.2, 0) is 0 Å². The molecule has 1 aliphatic rings. The lowest BCUT2D eigenvalue weighted by Gasteiger charge is -2.30. The van der Waals surface area contributed by atoms with E-state index in [4.69, 9.17) is 20.6 Å². The highest BCUT2D eigenvalue weighted by Crippen LogP contribution is 2.35. The monoisotopic (exact) mass is 500 g/mol. The lowest BCUT2D eigenvalue weighted by atomic mass is 9.94. The minimum atomic E-state index is -1.13. The van der Waals surface area contributed by atoms with Gasteiger partial charge in [-0.05, 0) is 56.6 Å². The normalized spacial score (nSPS) is 15.8. The number of anilines is 1. The first-order chi connectivity index (χ1) is 17.9. The van der Waals surface area contributed by atoms with Crippen LogP contribution in [0, 0.1) is 17.7 Å². The van der Waals surface area contributed by atoms with Gasteiger partial charge in [-0.15, -0.1) is 5.92 Å². The molecule has 5 rings (SSSR count). The van der Waals surface area contributed by atoms with Crippen LogP contribution in [0.2, 0.25) is 0 Å². The number of halogens is 1. The third-order valence-electron chi connectivity index (χ3n) is 6.37. The molecule has 0 saturated carbocycles. The molecule has 37 heavy (non-hydrogen) atoms. The molecule has 4 heterocycles. The second-order valence-electron chi connectivity index (χ2n) is 8.78. The predicted octanol–water partition coefficient (Wildman–Crippen LogP) is 4.21. The maximum Gasteiger partial charge on any atom is 0.335 e. The number of hydrogen-bond donors (Lipinski definition) is 2. The van der Waals surface area contributed by atoms with E-state index >= 15 is 4.39 Å². The number of fused-ring (bicyclic) bond motifs is 1. The van der Waals surface area contributed by atoms with Crippen LogP contribution in [0.15, 0.2) is 48.8 Å². The Morgan fingerprint density at radius 1 is 1.24 bits per heavy atom. The van der Waals surface area contributed by atoms with E-state index < -0.39 is 11.8 Å². The Bertz CT molecular complexity index is 1540. The van der Waals surface area contributed by atoms with E-state index in [0.717, 1.165) is 37.1 Å². The highest BCUT2D eigenvalue weighted by atomic mass is 19.1. The van der Waals surface area contributed by atoms with E-state index in [2.05, 4.69) is 26.7 Å². The van der Waals surface area contributed by atoms with Gasteiger partial charge < -0.3 is 15.6 Å². The van der Waals surface area contributed by atoms with Crippen molar-refractivity contribution in [3.63, 3.8) is 0 Å². The van der Waals surface area contributed by atoms with Crippen LogP contribution in [0.25, 0.3) is 16.9 Å². The molecule has 1 unspecified atom stereocenters. The summed E-state index contributed by atoms with van der Waals surface area (Å²) >= 11 is 0. The fourth-order valence-corrected chi connectivity index (χ4v) is 4.62. The number of hydrogen-bond acceptors (Lipinski definition) is 7. The molecule has 0 amide bonds. The zero-order valence-electron chi connectivity index (χ0n) is 20.2. The molecular formula is C27H25FN6O3. The zero-order chi connectivity index (χ0) is 25.9. The number of benzene rings is 1. The lowest BCUT2D eigenvalue weighted by Crippen LogP contribution is -2.34. The number of nitrogens with two attached hydrogens (primary N) is 1. The zero-order valence-corrected chi connectivity index (χ0v) is 20.2. The molecule has 3 N–H and O–H groups in total. The Labute approximate surface area is 212 Å². The number of carboxylic acids is 1. The Hall–Kier alpha value is -4.49. The molecule has 1 atom stereocenters. The second-order valence-corrected chi connectivity index (χ2v) is 8.78. The number of nitrogens with zero attached hydrogens (tertiary/aromatic N) is 5. The van der Waals surface area contributed by atoms with E-state index in [-0.39, 0.29) is 29.1 Å². The average molecular weight is 501 g/mol. The van der Waals surface area contributed by atoms with E-state index in [1.165, 1.54) is 30.5 Å². The lowest BCUT2D eigenvalue weighted by molar-refractivity contribution is 0.0696. The van der Waals surface area contributed by atoms with Gasteiger partial charge >= 0.3 is 5.97 Å². The molecule has 1 aliphatic heterocycles. The maximum atomic E-state index is 15.1. The topological polar surface area (TPSA) is 119 Å². The molecule has 188 valence electrons. The molecule has 3 aromatic heterocycles. The summed E-state index contributed by atoms with van der Waals surface area (Å²) in [5.74, 6) is 5.11. The quantitative estimate of drug-likeness (QED) is 0.378. The summed E-state index contributed by atoms with van der Waals surface area (Å²) in [6, 6.07) is 8.88. The van der Waals surface area contributed by atoms with Gasteiger partial charge in [0.25, 0.3) is 0 Å². The van der Waals surface area contributed by atoms with Gasteiger partial charge in [-0.2, -0.15) is 0 Å². The van der Waals surface area contributed by atoms with Crippen molar-refractivity contribution >= 4 is 17.4 Å². The van der Waals surface area contributed by atoms with Gasteiger partial charge in [0, 0.05) is 36.5 Å². The summed E-state index contributed by atoms with van der Waals surface area (Å²) in [7, 11) is 0. The summed E-state index contributed by atoms with van der Waals surface area (Å²) < 4.78 is 22.4. The second kappa shape index (κ2) is 10.2. The largest absolute Gasteiger partial charge is 0.478 e. The van der Waals surface area contributed by atoms with Crippen LogP contribution in [0.3, 0.4) is 0 Å². The molecule has 9 nitrogen and oxygen atoms in total. The molecule has 4 aromatic rings. The van der Waals surface area contributed by atoms with Crippen LogP contribution >= 0.6 is 0 Å².